The molecule has 9 nitrogen and oxygen atoms in total. The minimum absolute atomic E-state index is 0.0289. The van der Waals surface area contributed by atoms with Gasteiger partial charge in [-0.1, -0.05) is 43.4 Å². The molecule has 0 radical (unpaired) electrons. The first-order chi connectivity index (χ1) is 24.8. The number of benzene rings is 4. The average molecular weight is 699 g/mol. The largest absolute Gasteiger partial charge is 0.493 e. The molecule has 0 saturated heterocycles. The highest BCUT2D eigenvalue weighted by atomic mass is 19.1. The molecule has 10 heteroatoms. The first-order valence-corrected chi connectivity index (χ1v) is 15.5. The van der Waals surface area contributed by atoms with Gasteiger partial charge in [0.25, 0.3) is 0 Å². The molecule has 0 aliphatic rings. The smallest absolute Gasteiger partial charge is 0.371 e. The fraction of sp³-hybridized carbons (Fsp3) is 0.0952. The third-order valence-corrected chi connectivity index (χ3v) is 6.61. The van der Waals surface area contributed by atoms with Crippen molar-refractivity contribution in [2.45, 2.75) is 20.8 Å². The zero-order valence-electron chi connectivity index (χ0n) is 28.5. The molecular weight excluding hydrogens is 667 g/mol. The molecular formula is C42H31FO9. The molecule has 0 fully saturated rings. The van der Waals surface area contributed by atoms with Crippen molar-refractivity contribution in [1.29, 1.82) is 0 Å². The van der Waals surface area contributed by atoms with Gasteiger partial charge >= 0.3 is 23.9 Å². The second-order valence-electron chi connectivity index (χ2n) is 10.9. The molecule has 0 aliphatic carbocycles. The minimum Gasteiger partial charge on any atom is -0.493 e. The molecule has 0 bridgehead atoms. The maximum Gasteiger partial charge on any atom is 0.371 e. The molecule has 0 aromatic heterocycles. The van der Waals surface area contributed by atoms with Gasteiger partial charge in [0.2, 0.25) is 5.83 Å². The lowest BCUT2D eigenvalue weighted by Crippen LogP contribution is -2.14. The predicted molar refractivity (Wildman–Crippen MR) is 191 cm³/mol. The van der Waals surface area contributed by atoms with Crippen LogP contribution < -0.4 is 23.7 Å². The van der Waals surface area contributed by atoms with Gasteiger partial charge < -0.3 is 23.7 Å². The van der Waals surface area contributed by atoms with E-state index in [4.69, 9.17) is 23.7 Å². The van der Waals surface area contributed by atoms with Crippen molar-refractivity contribution in [2.24, 2.45) is 0 Å². The highest BCUT2D eigenvalue weighted by molar-refractivity contribution is 5.96. The lowest BCUT2D eigenvalue weighted by atomic mass is 10.1. The SMILES string of the molecule is C=C(C)C(=O)Oc1ccc(C#Cc2ccc(OC(=O)c3cc(OC(=O)C(=C)C)c(C#Cc4ccc(OC(=O)C(=C)F)cc4)cc3OCC)cc2)cc1. The van der Waals surface area contributed by atoms with Crippen LogP contribution in [0.5, 0.6) is 28.7 Å². The van der Waals surface area contributed by atoms with E-state index in [-0.39, 0.29) is 46.3 Å². The van der Waals surface area contributed by atoms with Crippen molar-refractivity contribution in [3.05, 3.63) is 149 Å². The van der Waals surface area contributed by atoms with Gasteiger partial charge in [-0.15, -0.1) is 0 Å². The fourth-order valence-electron chi connectivity index (χ4n) is 3.98. The Morgan fingerprint density at radius 3 is 1.44 bits per heavy atom. The van der Waals surface area contributed by atoms with E-state index in [9.17, 15) is 23.6 Å². The third-order valence-electron chi connectivity index (χ3n) is 6.61. The second-order valence-corrected chi connectivity index (χ2v) is 10.9. The highest BCUT2D eigenvalue weighted by Gasteiger charge is 2.21. The quantitative estimate of drug-likeness (QED) is 0.0721. The Labute approximate surface area is 299 Å². The van der Waals surface area contributed by atoms with E-state index in [0.29, 0.717) is 28.0 Å². The first-order valence-electron chi connectivity index (χ1n) is 15.5. The van der Waals surface area contributed by atoms with Crippen LogP contribution in [0.15, 0.2) is 122 Å². The predicted octanol–water partition coefficient (Wildman–Crippen LogP) is 7.46. The van der Waals surface area contributed by atoms with Crippen molar-refractivity contribution < 1.29 is 47.3 Å². The molecule has 0 heterocycles. The molecule has 0 spiro atoms. The summed E-state index contributed by atoms with van der Waals surface area (Å²) in [5, 5.41) is 0. The summed E-state index contributed by atoms with van der Waals surface area (Å²) in [4.78, 5) is 49.1. The number of hydrogen-bond donors (Lipinski definition) is 0. The van der Waals surface area contributed by atoms with Gasteiger partial charge in [0.1, 0.15) is 34.3 Å². The summed E-state index contributed by atoms with van der Waals surface area (Å²) >= 11 is 0. The summed E-state index contributed by atoms with van der Waals surface area (Å²) in [5.41, 5.74) is 2.40. The van der Waals surface area contributed by atoms with E-state index < -0.39 is 29.7 Å². The van der Waals surface area contributed by atoms with E-state index in [0.717, 1.165) is 0 Å². The van der Waals surface area contributed by atoms with Gasteiger partial charge in [0.15, 0.2) is 0 Å². The van der Waals surface area contributed by atoms with E-state index in [2.05, 4.69) is 43.4 Å². The topological polar surface area (TPSA) is 114 Å². The first kappa shape index (κ1) is 37.6. The van der Waals surface area contributed by atoms with Crippen LogP contribution in [-0.4, -0.2) is 30.5 Å². The number of carbonyl (C=O) groups excluding carboxylic acids is 4. The Kier molecular flexibility index (Phi) is 12.7. The molecule has 0 aliphatic heterocycles. The maximum absolute atomic E-state index is 13.4. The van der Waals surface area contributed by atoms with E-state index in [1.165, 1.54) is 43.3 Å². The lowest BCUT2D eigenvalue weighted by molar-refractivity contribution is -0.132. The molecule has 52 heavy (non-hydrogen) atoms. The van der Waals surface area contributed by atoms with Crippen LogP contribution in [0.3, 0.4) is 0 Å². The van der Waals surface area contributed by atoms with Crippen LogP contribution in [0.1, 0.15) is 53.4 Å². The molecule has 0 amide bonds. The van der Waals surface area contributed by atoms with Crippen molar-refractivity contribution in [3.63, 3.8) is 0 Å². The number of rotatable bonds is 10. The Hall–Kier alpha value is -7.17. The van der Waals surface area contributed by atoms with Gasteiger partial charge in [-0.3, -0.25) is 0 Å². The van der Waals surface area contributed by atoms with Crippen molar-refractivity contribution in [2.75, 3.05) is 6.61 Å². The van der Waals surface area contributed by atoms with Gasteiger partial charge in [0, 0.05) is 40.0 Å². The van der Waals surface area contributed by atoms with Crippen molar-refractivity contribution >= 4 is 23.9 Å². The van der Waals surface area contributed by atoms with Crippen molar-refractivity contribution in [1.82, 2.24) is 0 Å². The van der Waals surface area contributed by atoms with Crippen LogP contribution in [0.25, 0.3) is 0 Å². The standard InChI is InChI=1S/C42H31FO9/c1-7-48-38-24-32(17-10-31-15-20-34(21-16-31)50-41(46)28(6)43)37(52-40(45)27(4)5)25-36(38)42(47)51-35-22-13-30(14-23-35)9-8-29-11-18-33(19-12-29)49-39(44)26(2)3/h11-16,18-25H,2,4,6-7H2,1,3,5H3. The van der Waals surface area contributed by atoms with Crippen LogP contribution >= 0.6 is 0 Å². The molecule has 0 N–H and O–H groups in total. The Bertz CT molecular complexity index is 2190. The second kappa shape index (κ2) is 17.5. The number of hydrogen-bond acceptors (Lipinski definition) is 9. The summed E-state index contributed by atoms with van der Waals surface area (Å²) in [5.74, 6) is 8.11. The molecule has 4 aromatic carbocycles. The third kappa shape index (κ3) is 10.7. The number of ether oxygens (including phenoxy) is 5. The van der Waals surface area contributed by atoms with Crippen LogP contribution in [-0.2, 0) is 14.4 Å². The zero-order chi connectivity index (χ0) is 37.8. The summed E-state index contributed by atoms with van der Waals surface area (Å²) in [6, 6.07) is 21.8. The molecule has 4 aromatic rings. The highest BCUT2D eigenvalue weighted by Crippen LogP contribution is 2.31. The molecule has 0 saturated carbocycles. The van der Waals surface area contributed by atoms with Gasteiger partial charge in [0.05, 0.1) is 12.2 Å². The van der Waals surface area contributed by atoms with Crippen LogP contribution in [0.4, 0.5) is 4.39 Å². The fourth-order valence-corrected chi connectivity index (χ4v) is 3.98. The molecule has 260 valence electrons. The van der Waals surface area contributed by atoms with E-state index in [1.54, 1.807) is 62.4 Å². The number of carbonyl (C=O) groups is 4. The minimum atomic E-state index is -1.23. The normalized spacial score (nSPS) is 9.85. The van der Waals surface area contributed by atoms with Gasteiger partial charge in [-0.05, 0) is 93.6 Å². The average Bonchev–Trinajstić information content (AvgIpc) is 3.12. The van der Waals surface area contributed by atoms with Crippen LogP contribution in [0, 0.1) is 23.7 Å². The monoisotopic (exact) mass is 698 g/mol. The Morgan fingerprint density at radius 1 is 0.577 bits per heavy atom. The summed E-state index contributed by atoms with van der Waals surface area (Å²) in [7, 11) is 0. The van der Waals surface area contributed by atoms with E-state index in [1.807, 2.05) is 0 Å². The molecule has 4 rings (SSSR count). The van der Waals surface area contributed by atoms with Crippen LogP contribution in [0.2, 0.25) is 0 Å². The summed E-state index contributed by atoms with van der Waals surface area (Å²) < 4.78 is 39.9. The van der Waals surface area contributed by atoms with Crippen molar-refractivity contribution in [3.8, 4) is 52.4 Å². The Morgan fingerprint density at radius 2 is 1.00 bits per heavy atom. The van der Waals surface area contributed by atoms with E-state index >= 15 is 0 Å². The van der Waals surface area contributed by atoms with Gasteiger partial charge in [-0.2, -0.15) is 4.39 Å². The maximum atomic E-state index is 13.4. The number of halogens is 1. The van der Waals surface area contributed by atoms with Gasteiger partial charge in [-0.25, -0.2) is 19.2 Å². The number of esters is 4. The Balaban J connectivity index is 1.55. The summed E-state index contributed by atoms with van der Waals surface area (Å²) in [6.07, 6.45) is 0. The molecule has 0 atom stereocenters. The summed E-state index contributed by atoms with van der Waals surface area (Å²) in [6.45, 7) is 15.0. The lowest BCUT2D eigenvalue weighted by Gasteiger charge is -2.14. The zero-order valence-corrected chi connectivity index (χ0v) is 28.5. The molecule has 0 unspecified atom stereocenters.